The van der Waals surface area contributed by atoms with E-state index < -0.39 is 5.60 Å². The Morgan fingerprint density at radius 1 is 0.940 bits per heavy atom. The summed E-state index contributed by atoms with van der Waals surface area (Å²) >= 11 is 8.83. The summed E-state index contributed by atoms with van der Waals surface area (Å²) in [6.45, 7) is 11.4. The number of benzene rings is 2. The van der Waals surface area contributed by atoms with Crippen molar-refractivity contribution in [1.82, 2.24) is 9.97 Å². The molecular formula is C36H41ClN6O5S2. The Morgan fingerprint density at radius 2 is 1.56 bits per heavy atom. The first-order chi connectivity index (χ1) is 23.9. The van der Waals surface area contributed by atoms with Crippen molar-refractivity contribution in [2.45, 2.75) is 64.3 Å². The highest BCUT2D eigenvalue weighted by atomic mass is 35.5. The van der Waals surface area contributed by atoms with Crippen LogP contribution in [-0.4, -0.2) is 47.3 Å². The predicted octanol–water partition coefficient (Wildman–Crippen LogP) is 7.79. The lowest BCUT2D eigenvalue weighted by molar-refractivity contribution is -0.153. The number of nitrogen functional groups attached to an aromatic ring is 1. The lowest BCUT2D eigenvalue weighted by Gasteiger charge is -2.18. The number of hydrogen-bond donors (Lipinski definition) is 2. The summed E-state index contributed by atoms with van der Waals surface area (Å²) in [5, 5.41) is 23.8. The zero-order valence-corrected chi connectivity index (χ0v) is 31.3. The van der Waals surface area contributed by atoms with E-state index in [-0.39, 0.29) is 48.6 Å². The van der Waals surface area contributed by atoms with Gasteiger partial charge in [-0.15, -0.1) is 11.3 Å². The molecule has 2 heterocycles. The molecule has 0 saturated heterocycles. The monoisotopic (exact) mass is 736 g/mol. The van der Waals surface area contributed by atoms with Crippen LogP contribution >= 0.6 is 34.7 Å². The number of nitrogens with zero attached hydrogens (tertiary/aromatic N) is 4. The molecule has 2 aromatic carbocycles. The van der Waals surface area contributed by atoms with Crippen LogP contribution in [0.1, 0.15) is 64.8 Å². The molecule has 11 nitrogen and oxygen atoms in total. The summed E-state index contributed by atoms with van der Waals surface area (Å²) in [4.78, 5) is 30.8. The zero-order chi connectivity index (χ0) is 37.3. The number of carbonyl (C=O) groups is 2. The first-order valence-electron chi connectivity index (χ1n) is 15.7. The smallest absolute Gasteiger partial charge is 0.320 e. The maximum Gasteiger partial charge on any atom is 0.320 e. The van der Waals surface area contributed by atoms with E-state index in [1.807, 2.05) is 43.5 Å². The Labute approximate surface area is 306 Å². The van der Waals surface area contributed by atoms with Gasteiger partial charge in [0, 0.05) is 33.7 Å². The Bertz CT molecular complexity index is 1790. The van der Waals surface area contributed by atoms with Crippen LogP contribution in [0.2, 0.25) is 5.02 Å². The molecule has 2 aromatic heterocycles. The van der Waals surface area contributed by atoms with Gasteiger partial charge in [-0.25, -0.2) is 9.97 Å². The fourth-order valence-electron chi connectivity index (χ4n) is 3.95. The third-order valence-electron chi connectivity index (χ3n) is 6.05. The Kier molecular flexibility index (Phi) is 17.2. The maximum absolute atomic E-state index is 11.2. The summed E-state index contributed by atoms with van der Waals surface area (Å²) in [5.41, 5.74) is 14.0. The van der Waals surface area contributed by atoms with Gasteiger partial charge in [-0.05, 0) is 50.6 Å². The molecule has 50 heavy (non-hydrogen) atoms. The standard InChI is InChI=1S/C28H22ClN5O3S2.C6H13NO2.C2H6/c1-2-24(35)37-12-11-36-21-9-5-17(6-10-21)25-22(13-30)26(32)34-28(23(25)14-31)39-16-20-15-38-27(33-20)18-3-7-19(29)8-4-18;1-6(2,3)9-5(8)4-7;1-2/h3-10,15H,2,11-12,16H2,1H3,(H2,32,34);4,7H2,1-3H3;1-2H3. The number of aromatic nitrogens is 2. The molecule has 0 atom stereocenters. The minimum atomic E-state index is -0.406. The van der Waals surface area contributed by atoms with Gasteiger partial charge >= 0.3 is 11.9 Å². The average molecular weight is 737 g/mol. The van der Waals surface area contributed by atoms with Gasteiger partial charge in [-0.1, -0.05) is 68.4 Å². The lowest BCUT2D eigenvalue weighted by atomic mass is 9.97. The molecule has 4 rings (SSSR count). The topological polar surface area (TPSA) is 187 Å². The number of nitrogens with two attached hydrogens (primary N) is 2. The van der Waals surface area contributed by atoms with Crippen LogP contribution in [0.3, 0.4) is 0 Å². The van der Waals surface area contributed by atoms with Crippen LogP contribution in [0, 0.1) is 22.7 Å². The van der Waals surface area contributed by atoms with E-state index in [1.54, 1.807) is 52.0 Å². The van der Waals surface area contributed by atoms with Crippen LogP contribution in [0.25, 0.3) is 21.7 Å². The quantitative estimate of drug-likeness (QED) is 0.0866. The van der Waals surface area contributed by atoms with Crippen LogP contribution < -0.4 is 16.2 Å². The van der Waals surface area contributed by atoms with Crippen LogP contribution in [0.15, 0.2) is 58.9 Å². The molecule has 0 aliphatic carbocycles. The Morgan fingerprint density at radius 3 is 2.10 bits per heavy atom. The molecule has 0 aliphatic rings. The van der Waals surface area contributed by atoms with Crippen molar-refractivity contribution < 1.29 is 23.8 Å². The minimum absolute atomic E-state index is 0.0444. The molecule has 0 fully saturated rings. The van der Waals surface area contributed by atoms with Gasteiger partial charge in [0.2, 0.25) is 0 Å². The first-order valence-corrected chi connectivity index (χ1v) is 17.9. The fourth-order valence-corrected chi connectivity index (χ4v) is 5.89. The normalized spacial score (nSPS) is 10.3. The second kappa shape index (κ2) is 20.8. The lowest BCUT2D eigenvalue weighted by Crippen LogP contribution is -2.28. The first kappa shape index (κ1) is 41.5. The summed E-state index contributed by atoms with van der Waals surface area (Å²) in [7, 11) is 0. The molecule has 4 aromatic rings. The number of esters is 2. The average Bonchev–Trinajstić information content (AvgIpc) is 3.59. The van der Waals surface area contributed by atoms with Gasteiger partial charge in [0.15, 0.2) is 0 Å². The van der Waals surface area contributed by atoms with Gasteiger partial charge in [0.25, 0.3) is 0 Å². The SMILES string of the molecule is CC.CC(C)(C)OC(=O)CN.CCC(=O)OCCOc1ccc(-c2c(C#N)c(N)nc(SCc3csc(-c4ccc(Cl)cc4)n3)c2C#N)cc1. The summed E-state index contributed by atoms with van der Waals surface area (Å²) in [6, 6.07) is 18.7. The second-order valence-corrected chi connectivity index (χ2v) is 13.1. The van der Waals surface area contributed by atoms with Crippen molar-refractivity contribution in [2.75, 3.05) is 25.5 Å². The Hall–Kier alpha value is -4.66. The molecule has 0 spiro atoms. The largest absolute Gasteiger partial charge is 0.490 e. The molecular weight excluding hydrogens is 696 g/mol. The Balaban J connectivity index is 0.000000686. The van der Waals surface area contributed by atoms with Crippen LogP contribution in [0.5, 0.6) is 5.75 Å². The number of hydrogen-bond acceptors (Lipinski definition) is 13. The third kappa shape index (κ3) is 13.0. The van der Waals surface area contributed by atoms with E-state index in [1.165, 1.54) is 23.1 Å². The number of rotatable bonds is 11. The maximum atomic E-state index is 11.2. The summed E-state index contributed by atoms with van der Waals surface area (Å²) in [5.74, 6) is 0.420. The molecule has 0 radical (unpaired) electrons. The van der Waals surface area contributed by atoms with Crippen LogP contribution in [0.4, 0.5) is 5.82 Å². The van der Waals surface area contributed by atoms with Crippen molar-refractivity contribution in [3.05, 3.63) is 75.8 Å². The van der Waals surface area contributed by atoms with Crippen molar-refractivity contribution in [3.63, 3.8) is 0 Å². The highest BCUT2D eigenvalue weighted by molar-refractivity contribution is 7.98. The van der Waals surface area contributed by atoms with Gasteiger partial charge < -0.3 is 25.7 Å². The number of ether oxygens (including phenoxy) is 3. The van der Waals surface area contributed by atoms with E-state index in [9.17, 15) is 20.1 Å². The fraction of sp³-hybridized carbons (Fsp3) is 0.333. The minimum Gasteiger partial charge on any atom is -0.490 e. The number of pyridine rings is 1. The molecule has 14 heteroatoms. The number of anilines is 1. The highest BCUT2D eigenvalue weighted by Gasteiger charge is 2.21. The molecule has 4 N–H and O–H groups in total. The van der Waals surface area contributed by atoms with Crippen LogP contribution in [-0.2, 0) is 24.8 Å². The van der Waals surface area contributed by atoms with E-state index >= 15 is 0 Å². The summed E-state index contributed by atoms with van der Waals surface area (Å²) in [6.07, 6.45) is 0.306. The van der Waals surface area contributed by atoms with E-state index in [0.717, 1.165) is 16.3 Å². The number of halogens is 1. The van der Waals surface area contributed by atoms with E-state index in [2.05, 4.69) is 17.1 Å². The molecule has 264 valence electrons. The molecule has 0 aliphatic heterocycles. The number of carbonyl (C=O) groups excluding carboxylic acids is 2. The van der Waals surface area contributed by atoms with Gasteiger partial charge in [-0.3, -0.25) is 9.59 Å². The van der Waals surface area contributed by atoms with E-state index in [0.29, 0.717) is 39.1 Å². The molecule has 0 saturated carbocycles. The number of thiazole rings is 1. The van der Waals surface area contributed by atoms with E-state index in [4.69, 9.17) is 42.3 Å². The zero-order valence-electron chi connectivity index (χ0n) is 28.9. The molecule has 0 amide bonds. The predicted molar refractivity (Wildman–Crippen MR) is 199 cm³/mol. The highest BCUT2D eigenvalue weighted by Crippen LogP contribution is 2.37. The molecule has 0 unspecified atom stereocenters. The van der Waals surface area contributed by atoms with Crippen molar-refractivity contribution in [3.8, 4) is 39.6 Å². The van der Waals surface area contributed by atoms with Gasteiger partial charge in [0.05, 0.1) is 17.8 Å². The van der Waals surface area contributed by atoms with Crippen molar-refractivity contribution >= 4 is 52.5 Å². The van der Waals surface area contributed by atoms with Crippen molar-refractivity contribution in [2.24, 2.45) is 5.73 Å². The second-order valence-electron chi connectivity index (χ2n) is 10.8. The third-order valence-corrected chi connectivity index (χ3v) is 8.25. The van der Waals surface area contributed by atoms with Crippen molar-refractivity contribution in [1.29, 1.82) is 10.5 Å². The molecule has 0 bridgehead atoms. The number of nitriles is 2. The van der Waals surface area contributed by atoms with Gasteiger partial charge in [0.1, 0.15) is 58.1 Å². The summed E-state index contributed by atoms with van der Waals surface area (Å²) < 4.78 is 15.4. The van der Waals surface area contributed by atoms with Gasteiger partial charge in [-0.2, -0.15) is 10.5 Å². The number of thioether (sulfide) groups is 1.